The van der Waals surface area contributed by atoms with Gasteiger partial charge < -0.3 is 10.2 Å². The van der Waals surface area contributed by atoms with E-state index >= 15 is 0 Å². The van der Waals surface area contributed by atoms with Crippen LogP contribution in [0.4, 0.5) is 0 Å². The van der Waals surface area contributed by atoms with Crippen molar-refractivity contribution in [2.75, 3.05) is 13.2 Å². The molecule has 0 aromatic heterocycles. The fourth-order valence-electron chi connectivity index (χ4n) is 3.55. The van der Waals surface area contributed by atoms with Crippen LogP contribution in [0.5, 0.6) is 0 Å². The van der Waals surface area contributed by atoms with Gasteiger partial charge in [-0.1, -0.05) is 142 Å². The Balaban J connectivity index is 0. The highest BCUT2D eigenvalue weighted by Crippen LogP contribution is 2.13. The summed E-state index contributed by atoms with van der Waals surface area (Å²) in [6, 6.07) is 0. The van der Waals surface area contributed by atoms with Crippen LogP contribution in [-0.2, 0) is 0 Å². The number of aliphatic hydroxyl groups is 2. The second-order valence-corrected chi connectivity index (χ2v) is 8.52. The Morgan fingerprint density at radius 3 is 0.643 bits per heavy atom. The zero-order valence-electron chi connectivity index (χ0n) is 19.9. The Morgan fingerprint density at radius 2 is 0.464 bits per heavy atom. The van der Waals surface area contributed by atoms with Crippen molar-refractivity contribution in [1.82, 2.24) is 0 Å². The maximum Gasteiger partial charge on any atom is 0.0431 e. The lowest BCUT2D eigenvalue weighted by Gasteiger charge is -2.03. The van der Waals surface area contributed by atoms with Gasteiger partial charge in [0, 0.05) is 13.2 Å². The van der Waals surface area contributed by atoms with Crippen LogP contribution in [0.15, 0.2) is 0 Å². The number of hydrogen-bond donors (Lipinski definition) is 2. The van der Waals surface area contributed by atoms with E-state index in [4.69, 9.17) is 10.2 Å². The van der Waals surface area contributed by atoms with Crippen LogP contribution in [-0.4, -0.2) is 23.4 Å². The van der Waals surface area contributed by atoms with Crippen LogP contribution in [0, 0.1) is 0 Å². The Bertz CT molecular complexity index is 208. The maximum absolute atomic E-state index is 8.67. The van der Waals surface area contributed by atoms with Gasteiger partial charge in [0.15, 0.2) is 0 Å². The van der Waals surface area contributed by atoms with E-state index in [0.717, 1.165) is 12.8 Å². The molecule has 0 heterocycles. The molecule has 0 aliphatic rings. The molecule has 0 aromatic carbocycles. The predicted octanol–water partition coefficient (Wildman–Crippen LogP) is 8.58. The summed E-state index contributed by atoms with van der Waals surface area (Å²) in [5.74, 6) is 0. The van der Waals surface area contributed by atoms with E-state index in [2.05, 4.69) is 13.8 Å². The highest BCUT2D eigenvalue weighted by molar-refractivity contribution is 4.49. The van der Waals surface area contributed by atoms with Crippen molar-refractivity contribution in [3.05, 3.63) is 0 Å². The van der Waals surface area contributed by atoms with Crippen LogP contribution in [0.25, 0.3) is 0 Å². The summed E-state index contributed by atoms with van der Waals surface area (Å²) < 4.78 is 0. The minimum Gasteiger partial charge on any atom is -0.396 e. The molecule has 28 heavy (non-hydrogen) atoms. The molecule has 0 aliphatic heterocycles. The first-order valence-corrected chi connectivity index (χ1v) is 13.0. The Labute approximate surface area is 178 Å². The molecular weight excluding hydrogens is 344 g/mol. The molecule has 0 spiro atoms. The minimum absolute atomic E-state index is 0.367. The monoisotopic (exact) mass is 400 g/mol. The van der Waals surface area contributed by atoms with E-state index in [0.29, 0.717) is 13.2 Å². The Morgan fingerprint density at radius 1 is 0.286 bits per heavy atom. The van der Waals surface area contributed by atoms with Crippen molar-refractivity contribution in [2.24, 2.45) is 0 Å². The number of aliphatic hydroxyl groups excluding tert-OH is 2. The third kappa shape index (κ3) is 33.5. The first kappa shape index (κ1) is 30.1. The molecule has 2 nitrogen and oxygen atoms in total. The topological polar surface area (TPSA) is 40.5 Å². The quantitative estimate of drug-likeness (QED) is 0.179. The summed E-state index contributed by atoms with van der Waals surface area (Å²) in [6.45, 7) is 5.24. The second kappa shape index (κ2) is 31.6. The van der Waals surface area contributed by atoms with Crippen molar-refractivity contribution < 1.29 is 10.2 Å². The molecule has 0 atom stereocenters. The van der Waals surface area contributed by atoms with Gasteiger partial charge in [0.25, 0.3) is 0 Å². The van der Waals surface area contributed by atoms with Gasteiger partial charge in [0.05, 0.1) is 0 Å². The van der Waals surface area contributed by atoms with Gasteiger partial charge in [-0.25, -0.2) is 0 Å². The Hall–Kier alpha value is -0.0800. The first-order valence-electron chi connectivity index (χ1n) is 13.0. The van der Waals surface area contributed by atoms with Crippen LogP contribution in [0.3, 0.4) is 0 Å². The fraction of sp³-hybridized carbons (Fsp3) is 1.00. The average Bonchev–Trinajstić information content (AvgIpc) is 2.71. The lowest BCUT2D eigenvalue weighted by Crippen LogP contribution is -1.85. The van der Waals surface area contributed by atoms with Gasteiger partial charge in [-0.05, 0) is 12.8 Å². The van der Waals surface area contributed by atoms with E-state index in [-0.39, 0.29) is 0 Å². The summed E-state index contributed by atoms with van der Waals surface area (Å²) >= 11 is 0. The third-order valence-corrected chi connectivity index (χ3v) is 5.52. The van der Waals surface area contributed by atoms with Crippen molar-refractivity contribution in [2.45, 2.75) is 155 Å². The van der Waals surface area contributed by atoms with Crippen molar-refractivity contribution in [1.29, 1.82) is 0 Å². The van der Waals surface area contributed by atoms with Gasteiger partial charge >= 0.3 is 0 Å². The summed E-state index contributed by atoms with van der Waals surface area (Å²) in [5, 5.41) is 17.1. The fourth-order valence-corrected chi connectivity index (χ4v) is 3.55. The zero-order chi connectivity index (χ0) is 21.0. The van der Waals surface area contributed by atoms with E-state index < -0.39 is 0 Å². The maximum atomic E-state index is 8.67. The van der Waals surface area contributed by atoms with Crippen LogP contribution in [0.1, 0.15) is 155 Å². The molecule has 0 radical (unpaired) electrons. The molecular formula is C26H56O2. The molecule has 0 saturated carbocycles. The standard InChI is InChI=1S/C18H38O.C8H18O/c1-2-3-4-5-6-7-8-9-10-11-12-13-14-15-16-17-18-19;1-2-3-4-5-6-7-8-9/h19H,2-18H2,1H3;9H,2-8H2,1H3. The van der Waals surface area contributed by atoms with Crippen molar-refractivity contribution in [3.8, 4) is 0 Å². The van der Waals surface area contributed by atoms with Crippen LogP contribution < -0.4 is 0 Å². The molecule has 0 amide bonds. The summed E-state index contributed by atoms with van der Waals surface area (Å²) in [5.41, 5.74) is 0. The molecule has 0 aromatic rings. The molecule has 0 unspecified atom stereocenters. The van der Waals surface area contributed by atoms with Gasteiger partial charge in [-0.15, -0.1) is 0 Å². The van der Waals surface area contributed by atoms with Crippen LogP contribution >= 0.6 is 0 Å². The molecule has 0 aliphatic carbocycles. The van der Waals surface area contributed by atoms with Gasteiger partial charge in [0.2, 0.25) is 0 Å². The van der Waals surface area contributed by atoms with Crippen LogP contribution in [0.2, 0.25) is 0 Å². The Kier molecular flexibility index (Phi) is 34.0. The third-order valence-electron chi connectivity index (χ3n) is 5.52. The molecule has 172 valence electrons. The van der Waals surface area contributed by atoms with Crippen molar-refractivity contribution >= 4 is 0 Å². The van der Waals surface area contributed by atoms with E-state index in [1.165, 1.54) is 128 Å². The molecule has 0 fully saturated rings. The van der Waals surface area contributed by atoms with Crippen molar-refractivity contribution in [3.63, 3.8) is 0 Å². The summed E-state index contributed by atoms with van der Waals surface area (Å²) in [7, 11) is 0. The lowest BCUT2D eigenvalue weighted by atomic mass is 10.0. The SMILES string of the molecule is CCCCCCCCCCCCCCCCCCO.CCCCCCCCO. The average molecular weight is 401 g/mol. The molecule has 2 N–H and O–H groups in total. The minimum atomic E-state index is 0.367. The molecule has 0 bridgehead atoms. The normalized spacial score (nSPS) is 10.7. The molecule has 2 heteroatoms. The van der Waals surface area contributed by atoms with Gasteiger partial charge in [-0.3, -0.25) is 0 Å². The van der Waals surface area contributed by atoms with E-state index in [1.54, 1.807) is 0 Å². The van der Waals surface area contributed by atoms with E-state index in [1.807, 2.05) is 0 Å². The second-order valence-electron chi connectivity index (χ2n) is 8.52. The smallest absolute Gasteiger partial charge is 0.0431 e. The lowest BCUT2D eigenvalue weighted by molar-refractivity contribution is 0.282. The molecule has 0 rings (SSSR count). The number of rotatable bonds is 22. The van der Waals surface area contributed by atoms with Gasteiger partial charge in [-0.2, -0.15) is 0 Å². The van der Waals surface area contributed by atoms with E-state index in [9.17, 15) is 0 Å². The summed E-state index contributed by atoms with van der Waals surface area (Å²) in [4.78, 5) is 0. The highest BCUT2D eigenvalue weighted by Gasteiger charge is 1.94. The number of hydrogen-bond acceptors (Lipinski definition) is 2. The highest BCUT2D eigenvalue weighted by atomic mass is 16.3. The largest absolute Gasteiger partial charge is 0.396 e. The predicted molar refractivity (Wildman–Crippen MR) is 127 cm³/mol. The number of unbranched alkanes of at least 4 members (excludes halogenated alkanes) is 20. The zero-order valence-corrected chi connectivity index (χ0v) is 19.9. The van der Waals surface area contributed by atoms with Gasteiger partial charge in [0.1, 0.15) is 0 Å². The molecule has 0 saturated heterocycles. The summed E-state index contributed by atoms with van der Waals surface area (Å²) in [6.07, 6.45) is 29.7. The first-order chi connectivity index (χ1) is 13.8.